The quantitative estimate of drug-likeness (QED) is 0.919. The lowest BCUT2D eigenvalue weighted by atomic mass is 9.83. The van der Waals surface area contributed by atoms with E-state index in [2.05, 4.69) is 49.4 Å². The largest absolute Gasteiger partial charge is 0.364 e. The molecule has 0 spiro atoms. The fraction of sp³-hybridized carbons (Fsp3) is 0.421. The van der Waals surface area contributed by atoms with E-state index in [1.165, 1.54) is 11.3 Å². The molecule has 0 radical (unpaired) electrons. The Hall–Kier alpha value is -2.63. The first kappa shape index (κ1) is 15.9. The molecule has 1 fully saturated rings. The molecule has 1 saturated heterocycles. The first-order chi connectivity index (χ1) is 12.3. The highest BCUT2D eigenvalue weighted by Crippen LogP contribution is 2.36. The third kappa shape index (κ3) is 2.92. The molecule has 4 rings (SSSR count). The minimum atomic E-state index is -0.0469. The maximum absolute atomic E-state index is 12.7. The Morgan fingerprint density at radius 1 is 1.28 bits per heavy atom. The van der Waals surface area contributed by atoms with E-state index < -0.39 is 0 Å². The van der Waals surface area contributed by atoms with Crippen molar-refractivity contribution in [2.24, 2.45) is 5.92 Å². The van der Waals surface area contributed by atoms with Gasteiger partial charge in [0.2, 0.25) is 5.91 Å². The fourth-order valence-electron chi connectivity index (χ4n) is 4.03. The van der Waals surface area contributed by atoms with Crippen LogP contribution in [0.2, 0.25) is 0 Å². The van der Waals surface area contributed by atoms with Gasteiger partial charge >= 0.3 is 0 Å². The van der Waals surface area contributed by atoms with Crippen LogP contribution >= 0.6 is 0 Å². The predicted molar refractivity (Wildman–Crippen MR) is 97.7 cm³/mol. The van der Waals surface area contributed by atoms with Crippen molar-refractivity contribution in [1.82, 2.24) is 15.3 Å². The molecule has 1 aromatic heterocycles. The number of benzene rings is 1. The van der Waals surface area contributed by atoms with E-state index in [-0.39, 0.29) is 17.9 Å². The van der Waals surface area contributed by atoms with Crippen molar-refractivity contribution in [3.63, 3.8) is 0 Å². The lowest BCUT2D eigenvalue weighted by Crippen LogP contribution is -2.61. The van der Waals surface area contributed by atoms with Crippen LogP contribution in [0.25, 0.3) is 0 Å². The number of piperazine rings is 1. The van der Waals surface area contributed by atoms with Gasteiger partial charge in [0.15, 0.2) is 0 Å². The molecule has 0 bridgehead atoms. The molecule has 1 amide bonds. The Bertz CT molecular complexity index is 750. The molecule has 1 aromatic carbocycles. The van der Waals surface area contributed by atoms with Gasteiger partial charge in [0, 0.05) is 44.3 Å². The van der Waals surface area contributed by atoms with E-state index >= 15 is 0 Å². The number of nitrogens with one attached hydrogen (secondary N) is 1. The molecule has 2 aliphatic rings. The second kappa shape index (κ2) is 6.70. The van der Waals surface area contributed by atoms with Crippen LogP contribution in [0.5, 0.6) is 0 Å². The number of para-hydroxylation sites is 1. The summed E-state index contributed by atoms with van der Waals surface area (Å²) in [4.78, 5) is 26.0. The smallest absolute Gasteiger partial charge is 0.225 e. The van der Waals surface area contributed by atoms with Gasteiger partial charge in [0.05, 0.1) is 18.2 Å². The third-order valence-corrected chi connectivity index (χ3v) is 5.19. The molecule has 2 atom stereocenters. The van der Waals surface area contributed by atoms with Crippen LogP contribution in [-0.2, 0) is 11.2 Å². The topological polar surface area (TPSA) is 61.4 Å². The van der Waals surface area contributed by atoms with Gasteiger partial charge in [-0.05, 0) is 25.0 Å². The molecule has 0 aliphatic carbocycles. The number of anilines is 2. The lowest BCUT2D eigenvalue weighted by Gasteiger charge is -2.49. The van der Waals surface area contributed by atoms with Crippen LogP contribution in [0.15, 0.2) is 42.9 Å². The number of nitrogens with zero attached hydrogens (tertiary/aromatic N) is 4. The summed E-state index contributed by atoms with van der Waals surface area (Å²) in [5.74, 6) is 0.984. The Morgan fingerprint density at radius 3 is 2.96 bits per heavy atom. The standard InChI is InChI=1S/C19H23N5O/c1-2-21-19(25)15-11-14-5-3-4-6-16(14)24-10-9-23(13-17(15)24)18-12-20-7-8-22-18/h3-8,12,15,17H,2,9-11,13H2,1H3,(H,21,25). The van der Waals surface area contributed by atoms with Crippen molar-refractivity contribution < 1.29 is 4.79 Å². The van der Waals surface area contributed by atoms with E-state index in [0.717, 1.165) is 31.9 Å². The molecule has 2 aromatic rings. The highest BCUT2D eigenvalue weighted by molar-refractivity contribution is 5.82. The van der Waals surface area contributed by atoms with Gasteiger partial charge in [-0.1, -0.05) is 18.2 Å². The third-order valence-electron chi connectivity index (χ3n) is 5.19. The summed E-state index contributed by atoms with van der Waals surface area (Å²) >= 11 is 0. The number of carbonyl (C=O) groups is 1. The van der Waals surface area contributed by atoms with E-state index in [0.29, 0.717) is 6.54 Å². The minimum Gasteiger partial charge on any atom is -0.364 e. The van der Waals surface area contributed by atoms with E-state index in [1.807, 2.05) is 6.92 Å². The number of rotatable bonds is 3. The summed E-state index contributed by atoms with van der Waals surface area (Å²) in [5.41, 5.74) is 2.54. The number of hydrogen-bond donors (Lipinski definition) is 1. The number of hydrogen-bond acceptors (Lipinski definition) is 5. The highest BCUT2D eigenvalue weighted by Gasteiger charge is 2.41. The Labute approximate surface area is 147 Å². The normalized spacial score (nSPS) is 22.1. The van der Waals surface area contributed by atoms with Crippen LogP contribution in [0.3, 0.4) is 0 Å². The Morgan fingerprint density at radius 2 is 2.16 bits per heavy atom. The van der Waals surface area contributed by atoms with Gasteiger partial charge in [-0.3, -0.25) is 9.78 Å². The lowest BCUT2D eigenvalue weighted by molar-refractivity contribution is -0.125. The molecule has 130 valence electrons. The van der Waals surface area contributed by atoms with Gasteiger partial charge in [0.1, 0.15) is 5.82 Å². The maximum atomic E-state index is 12.7. The summed E-state index contributed by atoms with van der Waals surface area (Å²) in [7, 11) is 0. The number of aromatic nitrogens is 2. The van der Waals surface area contributed by atoms with Gasteiger partial charge in [-0.15, -0.1) is 0 Å². The second-order valence-electron chi connectivity index (χ2n) is 6.60. The van der Waals surface area contributed by atoms with Crippen molar-refractivity contribution in [3.05, 3.63) is 48.4 Å². The summed E-state index contributed by atoms with van der Waals surface area (Å²) < 4.78 is 0. The molecule has 1 N–H and O–H groups in total. The van der Waals surface area contributed by atoms with Crippen LogP contribution in [0.4, 0.5) is 11.5 Å². The molecule has 25 heavy (non-hydrogen) atoms. The average Bonchev–Trinajstić information content (AvgIpc) is 2.67. The van der Waals surface area contributed by atoms with E-state index in [1.54, 1.807) is 18.6 Å². The second-order valence-corrected chi connectivity index (χ2v) is 6.60. The molecule has 6 heteroatoms. The summed E-state index contributed by atoms with van der Waals surface area (Å²) in [6.45, 7) is 5.19. The zero-order valence-electron chi connectivity index (χ0n) is 14.4. The van der Waals surface area contributed by atoms with Crippen molar-refractivity contribution in [3.8, 4) is 0 Å². The Kier molecular flexibility index (Phi) is 4.26. The molecular weight excluding hydrogens is 314 g/mol. The highest BCUT2D eigenvalue weighted by atomic mass is 16.1. The van der Waals surface area contributed by atoms with Crippen molar-refractivity contribution in [1.29, 1.82) is 0 Å². The van der Waals surface area contributed by atoms with Crippen LogP contribution in [0.1, 0.15) is 12.5 Å². The molecule has 2 aliphatic heterocycles. The molecule has 3 heterocycles. The zero-order valence-corrected chi connectivity index (χ0v) is 14.4. The summed E-state index contributed by atoms with van der Waals surface area (Å²) in [6.07, 6.45) is 6.00. The minimum absolute atomic E-state index is 0.0469. The number of fused-ring (bicyclic) bond motifs is 3. The Balaban J connectivity index is 1.66. The zero-order chi connectivity index (χ0) is 17.2. The SMILES string of the molecule is CCNC(=O)C1Cc2ccccc2N2CCN(c3cnccn3)CC12. The van der Waals surface area contributed by atoms with Crippen molar-refractivity contribution in [2.45, 2.75) is 19.4 Å². The van der Waals surface area contributed by atoms with Crippen LogP contribution < -0.4 is 15.1 Å². The van der Waals surface area contributed by atoms with Gasteiger partial charge < -0.3 is 15.1 Å². The maximum Gasteiger partial charge on any atom is 0.225 e. The van der Waals surface area contributed by atoms with Gasteiger partial charge in [-0.25, -0.2) is 4.98 Å². The van der Waals surface area contributed by atoms with E-state index in [9.17, 15) is 4.79 Å². The van der Waals surface area contributed by atoms with Gasteiger partial charge in [-0.2, -0.15) is 0 Å². The molecule has 6 nitrogen and oxygen atoms in total. The van der Waals surface area contributed by atoms with Crippen molar-refractivity contribution >= 4 is 17.4 Å². The monoisotopic (exact) mass is 337 g/mol. The average molecular weight is 337 g/mol. The first-order valence-electron chi connectivity index (χ1n) is 8.91. The number of amides is 1. The van der Waals surface area contributed by atoms with E-state index in [4.69, 9.17) is 0 Å². The molecular formula is C19H23N5O. The molecule has 0 saturated carbocycles. The van der Waals surface area contributed by atoms with Crippen LogP contribution in [0, 0.1) is 5.92 Å². The predicted octanol–water partition coefficient (Wildman–Crippen LogP) is 1.48. The summed E-state index contributed by atoms with van der Waals surface area (Å²) in [6, 6.07) is 8.61. The van der Waals surface area contributed by atoms with Crippen LogP contribution in [-0.4, -0.2) is 48.1 Å². The molecule has 2 unspecified atom stereocenters. The first-order valence-corrected chi connectivity index (χ1v) is 8.91. The number of carbonyl (C=O) groups excluding carboxylic acids is 1. The fourth-order valence-corrected chi connectivity index (χ4v) is 4.03. The van der Waals surface area contributed by atoms with Gasteiger partial charge in [0.25, 0.3) is 0 Å². The van der Waals surface area contributed by atoms with Crippen molar-refractivity contribution in [2.75, 3.05) is 36.0 Å². The summed E-state index contributed by atoms with van der Waals surface area (Å²) in [5, 5.41) is 3.02.